The van der Waals surface area contributed by atoms with Crippen LogP contribution in [0.5, 0.6) is 11.5 Å². The standard InChI is InChI=1S/C26H20N2O6S2/c1-16(18-6-4-3-5-7-18)27-24(29)23(36-26(27)35)15-17-8-13-21(22(14-17)33-2)34-25(30)19-9-11-20(12-10-19)28(31)32/h3-16H,1-2H3. The number of hydrogen-bond donors (Lipinski definition) is 0. The van der Waals surface area contributed by atoms with Gasteiger partial charge < -0.3 is 9.47 Å². The minimum Gasteiger partial charge on any atom is -0.493 e. The topological polar surface area (TPSA) is 99.0 Å². The van der Waals surface area contributed by atoms with E-state index in [0.29, 0.717) is 14.8 Å². The lowest BCUT2D eigenvalue weighted by atomic mass is 10.1. The van der Waals surface area contributed by atoms with Crippen LogP contribution in [0.3, 0.4) is 0 Å². The van der Waals surface area contributed by atoms with Crippen LogP contribution in [0, 0.1) is 10.1 Å². The van der Waals surface area contributed by atoms with Gasteiger partial charge in [0.15, 0.2) is 11.5 Å². The van der Waals surface area contributed by atoms with Crippen LogP contribution in [0.15, 0.2) is 77.7 Å². The maximum atomic E-state index is 13.1. The number of amides is 1. The van der Waals surface area contributed by atoms with Crippen LogP contribution in [-0.4, -0.2) is 33.1 Å². The Morgan fingerprint density at radius 2 is 1.78 bits per heavy atom. The van der Waals surface area contributed by atoms with E-state index in [4.69, 9.17) is 21.7 Å². The van der Waals surface area contributed by atoms with Gasteiger partial charge in [-0.15, -0.1) is 0 Å². The van der Waals surface area contributed by atoms with E-state index in [9.17, 15) is 19.7 Å². The van der Waals surface area contributed by atoms with Crippen molar-refractivity contribution in [1.29, 1.82) is 0 Å². The minimum absolute atomic E-state index is 0.128. The highest BCUT2D eigenvalue weighted by Crippen LogP contribution is 2.39. The summed E-state index contributed by atoms with van der Waals surface area (Å²) in [5.74, 6) is -0.420. The molecule has 3 aromatic rings. The SMILES string of the molecule is COc1cc(C=C2SC(=S)N(C(C)c3ccccc3)C2=O)ccc1OC(=O)c1ccc([N+](=O)[O-])cc1. The second-order valence-electron chi connectivity index (χ2n) is 7.74. The summed E-state index contributed by atoms with van der Waals surface area (Å²) in [6.07, 6.45) is 1.71. The molecule has 3 aromatic carbocycles. The fraction of sp³-hybridized carbons (Fsp3) is 0.115. The van der Waals surface area contributed by atoms with E-state index in [1.165, 1.54) is 43.1 Å². The van der Waals surface area contributed by atoms with Gasteiger partial charge in [-0.1, -0.05) is 60.4 Å². The molecule has 36 heavy (non-hydrogen) atoms. The summed E-state index contributed by atoms with van der Waals surface area (Å²) in [4.78, 5) is 37.9. The number of carbonyl (C=O) groups is 2. The van der Waals surface area contributed by atoms with Crippen molar-refractivity contribution in [2.24, 2.45) is 0 Å². The Labute approximate surface area is 216 Å². The number of hydrogen-bond acceptors (Lipinski definition) is 8. The first-order valence-electron chi connectivity index (χ1n) is 10.7. The molecule has 0 aromatic heterocycles. The molecule has 0 N–H and O–H groups in total. The number of thiocarbonyl (C=S) groups is 1. The molecule has 1 amide bonds. The summed E-state index contributed by atoms with van der Waals surface area (Å²) in [6.45, 7) is 1.93. The third-order valence-corrected chi connectivity index (χ3v) is 6.83. The number of ether oxygens (including phenoxy) is 2. The largest absolute Gasteiger partial charge is 0.493 e. The first kappa shape index (κ1) is 25.1. The van der Waals surface area contributed by atoms with Crippen molar-refractivity contribution in [2.45, 2.75) is 13.0 Å². The number of benzene rings is 3. The van der Waals surface area contributed by atoms with E-state index in [1.807, 2.05) is 37.3 Å². The maximum absolute atomic E-state index is 13.1. The third kappa shape index (κ3) is 5.29. The average molecular weight is 521 g/mol. The molecule has 0 aliphatic carbocycles. The molecule has 0 spiro atoms. The van der Waals surface area contributed by atoms with Crippen molar-refractivity contribution in [2.75, 3.05) is 7.11 Å². The van der Waals surface area contributed by atoms with Crippen LogP contribution in [-0.2, 0) is 4.79 Å². The van der Waals surface area contributed by atoms with Crippen molar-refractivity contribution in [3.63, 3.8) is 0 Å². The van der Waals surface area contributed by atoms with Crippen molar-refractivity contribution < 1.29 is 24.0 Å². The van der Waals surface area contributed by atoms with Crippen LogP contribution in [0.4, 0.5) is 5.69 Å². The number of nitrogens with zero attached hydrogens (tertiary/aromatic N) is 2. The molecule has 1 saturated heterocycles. The van der Waals surface area contributed by atoms with E-state index in [2.05, 4.69) is 0 Å². The number of non-ortho nitro benzene ring substituents is 1. The van der Waals surface area contributed by atoms with Gasteiger partial charge in [0.2, 0.25) is 0 Å². The fourth-order valence-corrected chi connectivity index (χ4v) is 5.00. The second kappa shape index (κ2) is 10.7. The highest BCUT2D eigenvalue weighted by atomic mass is 32.2. The van der Waals surface area contributed by atoms with E-state index in [0.717, 1.165) is 5.56 Å². The summed E-state index contributed by atoms with van der Waals surface area (Å²) in [5.41, 5.74) is 1.67. The fourth-order valence-electron chi connectivity index (χ4n) is 3.58. The van der Waals surface area contributed by atoms with Crippen molar-refractivity contribution in [3.05, 3.63) is 105 Å². The lowest BCUT2D eigenvalue weighted by Gasteiger charge is -2.23. The zero-order valence-corrected chi connectivity index (χ0v) is 20.9. The van der Waals surface area contributed by atoms with Gasteiger partial charge in [-0.25, -0.2) is 4.79 Å². The van der Waals surface area contributed by atoms with Gasteiger partial charge >= 0.3 is 5.97 Å². The predicted octanol–water partition coefficient (Wildman–Crippen LogP) is 5.79. The summed E-state index contributed by atoms with van der Waals surface area (Å²) >= 11 is 6.70. The van der Waals surface area contributed by atoms with Gasteiger partial charge in [-0.05, 0) is 48.4 Å². The average Bonchev–Trinajstić information content (AvgIpc) is 3.17. The van der Waals surface area contributed by atoms with Gasteiger partial charge in [0.05, 0.1) is 28.5 Å². The molecular formula is C26H20N2O6S2. The van der Waals surface area contributed by atoms with Gasteiger partial charge in [0.1, 0.15) is 4.32 Å². The normalized spacial score (nSPS) is 15.2. The Kier molecular flexibility index (Phi) is 7.47. The van der Waals surface area contributed by atoms with Crippen LogP contribution in [0.25, 0.3) is 6.08 Å². The number of rotatable bonds is 7. The lowest BCUT2D eigenvalue weighted by molar-refractivity contribution is -0.384. The monoisotopic (exact) mass is 520 g/mol. The molecule has 1 heterocycles. The molecule has 1 unspecified atom stereocenters. The van der Waals surface area contributed by atoms with Crippen LogP contribution >= 0.6 is 24.0 Å². The molecule has 0 radical (unpaired) electrons. The molecule has 182 valence electrons. The zero-order valence-electron chi connectivity index (χ0n) is 19.2. The van der Waals surface area contributed by atoms with Gasteiger partial charge in [0, 0.05) is 12.1 Å². The Balaban J connectivity index is 1.52. The lowest BCUT2D eigenvalue weighted by Crippen LogP contribution is -2.30. The highest BCUT2D eigenvalue weighted by Gasteiger charge is 2.35. The maximum Gasteiger partial charge on any atom is 0.343 e. The number of nitro groups is 1. The molecule has 0 bridgehead atoms. The molecule has 1 atom stereocenters. The van der Waals surface area contributed by atoms with Crippen LogP contribution < -0.4 is 9.47 Å². The van der Waals surface area contributed by atoms with Gasteiger partial charge in [-0.3, -0.25) is 19.8 Å². The molecule has 1 aliphatic rings. The predicted molar refractivity (Wildman–Crippen MR) is 141 cm³/mol. The number of nitro benzene ring substituents is 1. The van der Waals surface area contributed by atoms with Crippen molar-refractivity contribution in [1.82, 2.24) is 4.90 Å². The molecule has 1 fully saturated rings. The van der Waals surface area contributed by atoms with Crippen LogP contribution in [0.2, 0.25) is 0 Å². The van der Waals surface area contributed by atoms with E-state index in [-0.39, 0.29) is 34.7 Å². The molecule has 1 aliphatic heterocycles. The minimum atomic E-state index is -0.688. The zero-order chi connectivity index (χ0) is 25.8. The van der Waals surface area contributed by atoms with Crippen molar-refractivity contribution in [3.8, 4) is 11.5 Å². The Morgan fingerprint density at radius 3 is 2.42 bits per heavy atom. The number of esters is 1. The number of thioether (sulfide) groups is 1. The Hall–Kier alpha value is -4.02. The highest BCUT2D eigenvalue weighted by molar-refractivity contribution is 8.26. The molecule has 4 rings (SSSR count). The van der Waals surface area contributed by atoms with E-state index in [1.54, 1.807) is 29.2 Å². The van der Waals surface area contributed by atoms with E-state index < -0.39 is 10.9 Å². The molecular weight excluding hydrogens is 500 g/mol. The summed E-state index contributed by atoms with van der Waals surface area (Å²) in [7, 11) is 1.43. The molecule has 0 saturated carbocycles. The third-order valence-electron chi connectivity index (χ3n) is 5.49. The Bertz CT molecular complexity index is 1370. The summed E-state index contributed by atoms with van der Waals surface area (Å²) in [6, 6.07) is 19.4. The second-order valence-corrected chi connectivity index (χ2v) is 9.42. The Morgan fingerprint density at radius 1 is 1.08 bits per heavy atom. The van der Waals surface area contributed by atoms with Gasteiger partial charge in [0.25, 0.3) is 11.6 Å². The van der Waals surface area contributed by atoms with Gasteiger partial charge in [-0.2, -0.15) is 0 Å². The summed E-state index contributed by atoms with van der Waals surface area (Å²) < 4.78 is 11.3. The number of methoxy groups -OCH3 is 1. The first-order chi connectivity index (χ1) is 17.3. The first-order valence-corrected chi connectivity index (χ1v) is 12.0. The smallest absolute Gasteiger partial charge is 0.343 e. The summed E-state index contributed by atoms with van der Waals surface area (Å²) in [5, 5.41) is 10.8. The number of carbonyl (C=O) groups excluding carboxylic acids is 2. The van der Waals surface area contributed by atoms with E-state index >= 15 is 0 Å². The quantitative estimate of drug-likeness (QED) is 0.0965. The van der Waals surface area contributed by atoms with Crippen molar-refractivity contribution >= 4 is 51.9 Å². The molecule has 8 nitrogen and oxygen atoms in total. The molecule has 10 heteroatoms. The van der Waals surface area contributed by atoms with Crippen LogP contribution in [0.1, 0.15) is 34.5 Å².